The van der Waals surface area contributed by atoms with E-state index in [0.29, 0.717) is 5.92 Å². The molecule has 104 valence electrons. The number of aryl methyl sites for hydroxylation is 2. The van der Waals surface area contributed by atoms with Crippen molar-refractivity contribution in [2.45, 2.75) is 45.1 Å². The molecule has 0 amide bonds. The second-order valence-electron chi connectivity index (χ2n) is 5.77. The molecule has 0 aliphatic heterocycles. The molecule has 2 unspecified atom stereocenters. The minimum atomic E-state index is 0.126. The number of nitrogens with two attached hydrogens (primary N) is 1. The summed E-state index contributed by atoms with van der Waals surface area (Å²) < 4.78 is 0. The van der Waals surface area contributed by atoms with Crippen molar-refractivity contribution >= 4 is 0 Å². The van der Waals surface area contributed by atoms with E-state index in [1.165, 1.54) is 27.8 Å². The topological polar surface area (TPSA) is 26.0 Å². The molecule has 0 radical (unpaired) electrons. The van der Waals surface area contributed by atoms with E-state index in [4.69, 9.17) is 5.73 Å². The molecule has 2 aromatic rings. The van der Waals surface area contributed by atoms with Crippen LogP contribution in [0, 0.1) is 0 Å². The molecular weight excluding hydrogens is 242 g/mol. The molecule has 1 nitrogen and oxygen atoms in total. The van der Waals surface area contributed by atoms with Crippen molar-refractivity contribution in [3.63, 3.8) is 0 Å². The van der Waals surface area contributed by atoms with Crippen LogP contribution in [0.15, 0.2) is 42.5 Å². The first-order valence-electron chi connectivity index (χ1n) is 7.69. The van der Waals surface area contributed by atoms with Gasteiger partial charge in [-0.25, -0.2) is 0 Å². The first kappa shape index (κ1) is 13.4. The molecule has 0 heterocycles. The molecule has 2 atom stereocenters. The molecule has 0 saturated heterocycles. The Labute approximate surface area is 121 Å². The van der Waals surface area contributed by atoms with Crippen molar-refractivity contribution in [1.82, 2.24) is 0 Å². The van der Waals surface area contributed by atoms with E-state index in [0.717, 1.165) is 19.3 Å². The quantitative estimate of drug-likeness (QED) is 0.883. The number of fused-ring (bicyclic) bond motifs is 1. The van der Waals surface area contributed by atoms with Gasteiger partial charge in [0.15, 0.2) is 0 Å². The van der Waals surface area contributed by atoms with Gasteiger partial charge in [0, 0.05) is 12.0 Å². The standard InChI is InChI=1S/C19H23N/c1-3-13-9-10-16(11-14(13)4-2)19(20)18-12-15-7-5-6-8-17(15)18/h5-11,18-19H,3-4,12,20H2,1-2H3. The van der Waals surface area contributed by atoms with E-state index >= 15 is 0 Å². The van der Waals surface area contributed by atoms with Gasteiger partial charge >= 0.3 is 0 Å². The third-order valence-electron chi connectivity index (χ3n) is 4.70. The van der Waals surface area contributed by atoms with Gasteiger partial charge in [-0.2, -0.15) is 0 Å². The van der Waals surface area contributed by atoms with Gasteiger partial charge in [0.25, 0.3) is 0 Å². The van der Waals surface area contributed by atoms with Crippen LogP contribution in [0.2, 0.25) is 0 Å². The molecule has 1 aliphatic carbocycles. The molecule has 1 aliphatic rings. The van der Waals surface area contributed by atoms with Crippen molar-refractivity contribution in [3.05, 3.63) is 70.3 Å². The Morgan fingerprint density at radius 1 is 1.05 bits per heavy atom. The minimum Gasteiger partial charge on any atom is -0.323 e. The van der Waals surface area contributed by atoms with Gasteiger partial charge in [-0.15, -0.1) is 0 Å². The Balaban J connectivity index is 1.87. The highest BCUT2D eigenvalue weighted by atomic mass is 14.7. The normalized spacial score (nSPS) is 18.2. The molecule has 0 spiro atoms. The van der Waals surface area contributed by atoms with Gasteiger partial charge in [-0.05, 0) is 47.1 Å². The van der Waals surface area contributed by atoms with Crippen LogP contribution >= 0.6 is 0 Å². The summed E-state index contributed by atoms with van der Waals surface area (Å²) in [4.78, 5) is 0. The highest BCUT2D eigenvalue weighted by Crippen LogP contribution is 2.42. The van der Waals surface area contributed by atoms with Crippen molar-refractivity contribution in [3.8, 4) is 0 Å². The predicted molar refractivity (Wildman–Crippen MR) is 85.0 cm³/mol. The molecule has 2 N–H and O–H groups in total. The Morgan fingerprint density at radius 3 is 2.50 bits per heavy atom. The largest absolute Gasteiger partial charge is 0.323 e. The summed E-state index contributed by atoms with van der Waals surface area (Å²) in [7, 11) is 0. The molecule has 0 aromatic heterocycles. The summed E-state index contributed by atoms with van der Waals surface area (Å²) in [5.41, 5.74) is 13.6. The lowest BCUT2D eigenvalue weighted by Gasteiger charge is -2.35. The summed E-state index contributed by atoms with van der Waals surface area (Å²) in [6.07, 6.45) is 3.31. The van der Waals surface area contributed by atoms with Crippen LogP contribution < -0.4 is 5.73 Å². The van der Waals surface area contributed by atoms with Gasteiger partial charge in [0.05, 0.1) is 0 Å². The number of benzene rings is 2. The number of rotatable bonds is 4. The molecular formula is C19H23N. The lowest BCUT2D eigenvalue weighted by atomic mass is 9.72. The third kappa shape index (κ3) is 2.16. The smallest absolute Gasteiger partial charge is 0.0367 e. The Hall–Kier alpha value is -1.60. The third-order valence-corrected chi connectivity index (χ3v) is 4.70. The summed E-state index contributed by atoms with van der Waals surface area (Å²) in [6.45, 7) is 4.44. The Bertz CT molecular complexity index is 615. The first-order chi connectivity index (χ1) is 9.74. The van der Waals surface area contributed by atoms with E-state index in [9.17, 15) is 0 Å². The average Bonchev–Trinajstić information content (AvgIpc) is 2.47. The fraction of sp³-hybridized carbons (Fsp3) is 0.368. The molecule has 20 heavy (non-hydrogen) atoms. The molecule has 0 fully saturated rings. The highest BCUT2D eigenvalue weighted by Gasteiger charge is 2.31. The number of hydrogen-bond acceptors (Lipinski definition) is 1. The Morgan fingerprint density at radius 2 is 1.80 bits per heavy atom. The van der Waals surface area contributed by atoms with Crippen molar-refractivity contribution in [2.75, 3.05) is 0 Å². The number of hydrogen-bond donors (Lipinski definition) is 1. The second-order valence-corrected chi connectivity index (χ2v) is 5.77. The van der Waals surface area contributed by atoms with Crippen molar-refractivity contribution in [2.24, 2.45) is 5.73 Å². The van der Waals surface area contributed by atoms with Gasteiger partial charge in [0.2, 0.25) is 0 Å². The fourth-order valence-electron chi connectivity index (χ4n) is 3.38. The SMILES string of the molecule is CCc1ccc(C(N)C2Cc3ccccc32)cc1CC. The second kappa shape index (κ2) is 5.41. The summed E-state index contributed by atoms with van der Waals surface area (Å²) in [5.74, 6) is 0.489. The van der Waals surface area contributed by atoms with E-state index in [1.807, 2.05) is 0 Å². The summed E-state index contributed by atoms with van der Waals surface area (Å²) in [6, 6.07) is 15.6. The zero-order valence-corrected chi connectivity index (χ0v) is 12.4. The molecule has 0 bridgehead atoms. The van der Waals surface area contributed by atoms with Gasteiger partial charge in [-0.3, -0.25) is 0 Å². The van der Waals surface area contributed by atoms with Crippen LogP contribution in [-0.4, -0.2) is 0 Å². The lowest BCUT2D eigenvalue weighted by Crippen LogP contribution is -2.29. The van der Waals surface area contributed by atoms with E-state index < -0.39 is 0 Å². The maximum absolute atomic E-state index is 6.53. The van der Waals surface area contributed by atoms with Crippen molar-refractivity contribution in [1.29, 1.82) is 0 Å². The van der Waals surface area contributed by atoms with Gasteiger partial charge in [-0.1, -0.05) is 56.3 Å². The monoisotopic (exact) mass is 265 g/mol. The summed E-state index contributed by atoms with van der Waals surface area (Å²) in [5, 5.41) is 0. The fourth-order valence-corrected chi connectivity index (χ4v) is 3.38. The molecule has 1 heteroatoms. The molecule has 2 aromatic carbocycles. The lowest BCUT2D eigenvalue weighted by molar-refractivity contribution is 0.499. The van der Waals surface area contributed by atoms with Crippen molar-refractivity contribution < 1.29 is 0 Å². The van der Waals surface area contributed by atoms with Crippen LogP contribution in [0.3, 0.4) is 0 Å². The zero-order chi connectivity index (χ0) is 14.1. The summed E-state index contributed by atoms with van der Waals surface area (Å²) >= 11 is 0. The highest BCUT2D eigenvalue weighted by molar-refractivity contribution is 5.44. The first-order valence-corrected chi connectivity index (χ1v) is 7.69. The molecule has 3 rings (SSSR count). The van der Waals surface area contributed by atoms with Gasteiger partial charge in [0.1, 0.15) is 0 Å². The van der Waals surface area contributed by atoms with Gasteiger partial charge < -0.3 is 5.73 Å². The van der Waals surface area contributed by atoms with Crippen LogP contribution in [0.4, 0.5) is 0 Å². The maximum Gasteiger partial charge on any atom is 0.0367 e. The van der Waals surface area contributed by atoms with E-state index in [-0.39, 0.29) is 6.04 Å². The van der Waals surface area contributed by atoms with Crippen LogP contribution in [0.5, 0.6) is 0 Å². The van der Waals surface area contributed by atoms with Crippen LogP contribution in [0.1, 0.15) is 53.6 Å². The van der Waals surface area contributed by atoms with E-state index in [2.05, 4.69) is 56.3 Å². The maximum atomic E-state index is 6.53. The minimum absolute atomic E-state index is 0.126. The van der Waals surface area contributed by atoms with E-state index in [1.54, 1.807) is 0 Å². The molecule has 0 saturated carbocycles. The predicted octanol–water partition coefficient (Wildman–Crippen LogP) is 4.15. The Kier molecular flexibility index (Phi) is 3.62. The zero-order valence-electron chi connectivity index (χ0n) is 12.4. The van der Waals surface area contributed by atoms with Crippen LogP contribution in [-0.2, 0) is 19.3 Å². The average molecular weight is 265 g/mol. The van der Waals surface area contributed by atoms with Crippen LogP contribution in [0.25, 0.3) is 0 Å².